The Morgan fingerprint density at radius 3 is 3.00 bits per heavy atom. The lowest BCUT2D eigenvalue weighted by molar-refractivity contribution is 0.540. The highest BCUT2D eigenvalue weighted by atomic mass is 16.3. The highest BCUT2D eigenvalue weighted by molar-refractivity contribution is 5.81. The largest absolute Gasteiger partial charge is 0.464 e. The Kier molecular flexibility index (Phi) is 3.23. The van der Waals surface area contributed by atoms with E-state index < -0.39 is 0 Å². The van der Waals surface area contributed by atoms with Gasteiger partial charge in [0.2, 0.25) is 0 Å². The molecule has 1 N–H and O–H groups in total. The van der Waals surface area contributed by atoms with Gasteiger partial charge in [0.05, 0.1) is 12.3 Å². The van der Waals surface area contributed by atoms with E-state index in [0.717, 1.165) is 23.0 Å². The number of hydrogen-bond donors (Lipinski definition) is 1. The Morgan fingerprint density at radius 2 is 2.25 bits per heavy atom. The molecule has 0 aliphatic heterocycles. The van der Waals surface area contributed by atoms with Crippen molar-refractivity contribution in [3.8, 4) is 6.07 Å². The summed E-state index contributed by atoms with van der Waals surface area (Å²) in [6, 6.07) is 10.3. The normalized spacial score (nSPS) is 12.5. The molecule has 0 spiro atoms. The first-order chi connectivity index (χ1) is 7.86. The van der Waals surface area contributed by atoms with E-state index in [1.165, 1.54) is 0 Å². The zero-order valence-electron chi connectivity index (χ0n) is 9.23. The van der Waals surface area contributed by atoms with Gasteiger partial charge in [0.25, 0.3) is 0 Å². The Labute approximate surface area is 94.7 Å². The summed E-state index contributed by atoms with van der Waals surface area (Å²) >= 11 is 0. The summed E-state index contributed by atoms with van der Waals surface area (Å²) in [5.41, 5.74) is 2.03. The van der Waals surface area contributed by atoms with Gasteiger partial charge in [0, 0.05) is 23.4 Å². The molecule has 0 aliphatic carbocycles. The maximum absolute atomic E-state index is 8.62. The van der Waals surface area contributed by atoms with Gasteiger partial charge in [-0.1, -0.05) is 18.2 Å². The van der Waals surface area contributed by atoms with Crippen LogP contribution in [-0.2, 0) is 0 Å². The fraction of sp³-hybridized carbons (Fsp3) is 0.308. The molecule has 0 bridgehead atoms. The molecule has 0 amide bonds. The zero-order valence-corrected chi connectivity index (χ0v) is 9.23. The maximum atomic E-state index is 8.62. The quantitative estimate of drug-likeness (QED) is 0.851. The predicted octanol–water partition coefficient (Wildman–Crippen LogP) is 3.00. The van der Waals surface area contributed by atoms with Crippen molar-refractivity contribution in [2.24, 2.45) is 0 Å². The van der Waals surface area contributed by atoms with Crippen molar-refractivity contribution < 1.29 is 4.42 Å². The van der Waals surface area contributed by atoms with Crippen LogP contribution in [0.3, 0.4) is 0 Å². The third kappa shape index (κ3) is 1.93. The second-order valence-corrected chi connectivity index (χ2v) is 3.73. The van der Waals surface area contributed by atoms with Crippen LogP contribution in [0.1, 0.15) is 24.4 Å². The Morgan fingerprint density at radius 1 is 1.44 bits per heavy atom. The molecule has 1 heterocycles. The first-order valence-corrected chi connectivity index (χ1v) is 5.37. The van der Waals surface area contributed by atoms with E-state index in [9.17, 15) is 0 Å². The number of nitrogens with one attached hydrogen (secondary N) is 1. The van der Waals surface area contributed by atoms with Gasteiger partial charge in [0.1, 0.15) is 5.58 Å². The molecule has 3 nitrogen and oxygen atoms in total. The fourth-order valence-electron chi connectivity index (χ4n) is 1.93. The summed E-state index contributed by atoms with van der Waals surface area (Å²) in [6.45, 7) is 0. The second-order valence-electron chi connectivity index (χ2n) is 3.73. The number of rotatable bonds is 4. The minimum Gasteiger partial charge on any atom is -0.464 e. The number of nitrogens with zero attached hydrogens (tertiary/aromatic N) is 1. The first kappa shape index (κ1) is 10.7. The molecule has 0 saturated heterocycles. The van der Waals surface area contributed by atoms with Gasteiger partial charge < -0.3 is 9.73 Å². The van der Waals surface area contributed by atoms with Crippen molar-refractivity contribution in [3.05, 3.63) is 36.1 Å². The van der Waals surface area contributed by atoms with E-state index in [1.807, 2.05) is 31.3 Å². The predicted molar refractivity (Wildman–Crippen MR) is 62.9 cm³/mol. The van der Waals surface area contributed by atoms with Gasteiger partial charge in [-0.25, -0.2) is 0 Å². The van der Waals surface area contributed by atoms with Gasteiger partial charge in [-0.3, -0.25) is 0 Å². The van der Waals surface area contributed by atoms with Crippen LogP contribution in [0.25, 0.3) is 11.0 Å². The first-order valence-electron chi connectivity index (χ1n) is 5.37. The molecule has 1 aromatic heterocycles. The van der Waals surface area contributed by atoms with E-state index in [4.69, 9.17) is 9.68 Å². The van der Waals surface area contributed by atoms with Crippen LogP contribution >= 0.6 is 0 Å². The average molecular weight is 214 g/mol. The van der Waals surface area contributed by atoms with Crippen LogP contribution in [0.5, 0.6) is 0 Å². The molecular formula is C13H14N2O. The summed E-state index contributed by atoms with van der Waals surface area (Å²) in [5.74, 6) is 0. The molecule has 1 aromatic carbocycles. The van der Waals surface area contributed by atoms with Gasteiger partial charge in [0.15, 0.2) is 0 Å². The highest BCUT2D eigenvalue weighted by Gasteiger charge is 2.14. The number of hydrogen-bond acceptors (Lipinski definition) is 3. The summed E-state index contributed by atoms with van der Waals surface area (Å²) in [7, 11) is 1.91. The molecule has 2 rings (SSSR count). The lowest BCUT2D eigenvalue weighted by Gasteiger charge is -2.12. The maximum Gasteiger partial charge on any atom is 0.134 e. The molecule has 1 atom stereocenters. The number of benzene rings is 1. The molecule has 1 unspecified atom stereocenters. The monoisotopic (exact) mass is 214 g/mol. The Balaban J connectivity index is 2.34. The summed E-state index contributed by atoms with van der Waals surface area (Å²) in [6.07, 6.45) is 3.13. The second kappa shape index (κ2) is 4.82. The third-order valence-corrected chi connectivity index (χ3v) is 2.78. The van der Waals surface area contributed by atoms with E-state index in [2.05, 4.69) is 11.4 Å². The Bertz CT molecular complexity index is 510. The molecule has 0 radical (unpaired) electrons. The lowest BCUT2D eigenvalue weighted by Crippen LogP contribution is -2.15. The fourth-order valence-corrected chi connectivity index (χ4v) is 1.93. The minimum atomic E-state index is 0.184. The van der Waals surface area contributed by atoms with Gasteiger partial charge >= 0.3 is 0 Å². The van der Waals surface area contributed by atoms with Gasteiger partial charge in [-0.2, -0.15) is 5.26 Å². The van der Waals surface area contributed by atoms with E-state index in [-0.39, 0.29) is 6.04 Å². The van der Waals surface area contributed by atoms with Crippen molar-refractivity contribution in [2.75, 3.05) is 7.05 Å². The van der Waals surface area contributed by atoms with Crippen LogP contribution in [-0.4, -0.2) is 7.05 Å². The van der Waals surface area contributed by atoms with Crippen LogP contribution in [0.4, 0.5) is 0 Å². The van der Waals surface area contributed by atoms with E-state index in [1.54, 1.807) is 6.26 Å². The molecule has 82 valence electrons. The van der Waals surface area contributed by atoms with Gasteiger partial charge in [-0.05, 0) is 19.5 Å². The molecule has 0 fully saturated rings. The molecule has 0 aliphatic rings. The van der Waals surface area contributed by atoms with Gasteiger partial charge in [-0.15, -0.1) is 0 Å². The average Bonchev–Trinajstić information content (AvgIpc) is 2.75. The molecular weight excluding hydrogens is 200 g/mol. The smallest absolute Gasteiger partial charge is 0.134 e. The third-order valence-electron chi connectivity index (χ3n) is 2.78. The van der Waals surface area contributed by atoms with Crippen LogP contribution < -0.4 is 5.32 Å². The number of fused-ring (bicyclic) bond motifs is 1. The highest BCUT2D eigenvalue weighted by Crippen LogP contribution is 2.28. The van der Waals surface area contributed by atoms with Crippen molar-refractivity contribution in [3.63, 3.8) is 0 Å². The number of nitriles is 1. The molecule has 3 heteroatoms. The molecule has 0 saturated carbocycles. The van der Waals surface area contributed by atoms with Crippen molar-refractivity contribution in [1.82, 2.24) is 5.32 Å². The lowest BCUT2D eigenvalue weighted by atomic mass is 10.0. The topological polar surface area (TPSA) is 49.0 Å². The van der Waals surface area contributed by atoms with Crippen LogP contribution in [0.2, 0.25) is 0 Å². The Hall–Kier alpha value is -1.79. The number of furan rings is 1. The summed E-state index contributed by atoms with van der Waals surface area (Å²) in [5, 5.41) is 13.0. The minimum absolute atomic E-state index is 0.184. The van der Waals surface area contributed by atoms with Crippen molar-refractivity contribution >= 4 is 11.0 Å². The SMILES string of the molecule is CNC(CCC#N)c1coc2ccccc12. The van der Waals surface area contributed by atoms with E-state index >= 15 is 0 Å². The van der Waals surface area contributed by atoms with E-state index in [0.29, 0.717) is 6.42 Å². The summed E-state index contributed by atoms with van der Waals surface area (Å²) < 4.78 is 5.49. The summed E-state index contributed by atoms with van der Waals surface area (Å²) in [4.78, 5) is 0. The number of para-hydroxylation sites is 1. The van der Waals surface area contributed by atoms with Crippen molar-refractivity contribution in [1.29, 1.82) is 5.26 Å². The van der Waals surface area contributed by atoms with Crippen LogP contribution in [0, 0.1) is 11.3 Å². The molecule has 16 heavy (non-hydrogen) atoms. The standard InChI is InChI=1S/C13H14N2O/c1-15-12(6-4-8-14)11-9-16-13-7-3-2-5-10(11)13/h2-3,5,7,9,12,15H,4,6H2,1H3. The van der Waals surface area contributed by atoms with Crippen molar-refractivity contribution in [2.45, 2.75) is 18.9 Å². The zero-order chi connectivity index (χ0) is 11.4. The van der Waals surface area contributed by atoms with Crippen LogP contribution in [0.15, 0.2) is 34.9 Å². The molecule has 2 aromatic rings.